The molecule has 0 aromatic heterocycles. The van der Waals surface area contributed by atoms with Gasteiger partial charge in [-0.25, -0.2) is 0 Å². The molecule has 3 fully saturated rings. The number of hydrogen-bond donors (Lipinski definition) is 0. The number of fused-ring (bicyclic) bond motifs is 5. The molecule has 0 aromatic carbocycles. The molecule has 0 heterocycles. The molecule has 25 heavy (non-hydrogen) atoms. The van der Waals surface area contributed by atoms with Gasteiger partial charge in [0.1, 0.15) is 0 Å². The first-order valence-electron chi connectivity index (χ1n) is 10.0. The molecule has 4 aliphatic rings. The number of carbonyl (C=O) groups excluding carboxylic acids is 2. The van der Waals surface area contributed by atoms with E-state index in [0.717, 1.165) is 32.1 Å². The monoisotopic (exact) mass is 342 g/mol. The van der Waals surface area contributed by atoms with Gasteiger partial charge in [-0.15, -0.1) is 0 Å². The van der Waals surface area contributed by atoms with Crippen LogP contribution in [0.15, 0.2) is 23.8 Å². The highest BCUT2D eigenvalue weighted by molar-refractivity contribution is 6.01. The molecule has 0 bridgehead atoms. The molecule has 3 saturated carbocycles. The van der Waals surface area contributed by atoms with Crippen LogP contribution in [0.25, 0.3) is 0 Å². The summed E-state index contributed by atoms with van der Waals surface area (Å²) in [6.45, 7) is 7.05. The van der Waals surface area contributed by atoms with Gasteiger partial charge in [-0.1, -0.05) is 25.5 Å². The van der Waals surface area contributed by atoms with Crippen LogP contribution in [0, 0.1) is 34.5 Å². The highest BCUT2D eigenvalue weighted by Crippen LogP contribution is 2.66. The van der Waals surface area contributed by atoms with Crippen LogP contribution >= 0.6 is 0 Å². The number of allylic oxidation sites excluding steroid dienone is 4. The molecule has 0 spiro atoms. The maximum absolute atomic E-state index is 12.5. The predicted octanol–water partition coefficient (Wildman–Crippen LogP) is 4.47. The lowest BCUT2D eigenvalue weighted by atomic mass is 9.48. The van der Waals surface area contributed by atoms with Gasteiger partial charge in [0.15, 0.2) is 5.78 Å². The van der Waals surface area contributed by atoms with Crippen LogP contribution in [0.5, 0.6) is 0 Å². The molecule has 0 aliphatic heterocycles. The Morgan fingerprint density at radius 2 is 2.00 bits per heavy atom. The third kappa shape index (κ3) is 2.38. The molecule has 136 valence electrons. The number of esters is 1. The standard InChI is InChI=1S/C22H30O3/c1-4-25-20(24)19-8-7-17-16-6-5-14-13-15(23)9-11-21(14,2)18(16)10-12-22(17,19)3/h9,11,13,16-19H,4-8,10,12H2,1-3H3/t16-,17-,18-,19?,21-,22-/m0/s1. The molecule has 1 unspecified atom stereocenters. The summed E-state index contributed by atoms with van der Waals surface area (Å²) in [6.07, 6.45) is 12.4. The zero-order valence-electron chi connectivity index (χ0n) is 15.7. The minimum absolute atomic E-state index is 0.0247. The normalized spacial score (nSPS) is 45.2. The average Bonchev–Trinajstić information content (AvgIpc) is 2.93. The summed E-state index contributed by atoms with van der Waals surface area (Å²) in [4.78, 5) is 24.3. The van der Waals surface area contributed by atoms with Gasteiger partial charge >= 0.3 is 5.97 Å². The first-order valence-corrected chi connectivity index (χ1v) is 10.0. The summed E-state index contributed by atoms with van der Waals surface area (Å²) in [7, 11) is 0. The highest BCUT2D eigenvalue weighted by atomic mass is 16.5. The summed E-state index contributed by atoms with van der Waals surface area (Å²) in [6, 6.07) is 0. The molecule has 3 nitrogen and oxygen atoms in total. The minimum Gasteiger partial charge on any atom is -0.466 e. The van der Waals surface area contributed by atoms with Gasteiger partial charge < -0.3 is 4.74 Å². The molecule has 0 N–H and O–H groups in total. The SMILES string of the molecule is CCOC(=O)C1CC[C@H]2[C@@H]3CCC4=CC(=O)C=C[C@]4(C)[C@H]3CC[C@]12C. The Hall–Kier alpha value is -1.38. The second-order valence-electron chi connectivity index (χ2n) is 9.03. The van der Waals surface area contributed by atoms with E-state index in [1.54, 1.807) is 6.08 Å². The molecule has 6 atom stereocenters. The molecule has 0 aromatic rings. The van der Waals surface area contributed by atoms with Crippen molar-refractivity contribution < 1.29 is 14.3 Å². The van der Waals surface area contributed by atoms with Crippen LogP contribution in [-0.2, 0) is 14.3 Å². The Morgan fingerprint density at radius 1 is 1.20 bits per heavy atom. The smallest absolute Gasteiger partial charge is 0.309 e. The number of hydrogen-bond acceptors (Lipinski definition) is 3. The Morgan fingerprint density at radius 3 is 2.76 bits per heavy atom. The van der Waals surface area contributed by atoms with Crippen molar-refractivity contribution in [3.05, 3.63) is 23.8 Å². The van der Waals surface area contributed by atoms with E-state index in [2.05, 4.69) is 19.9 Å². The summed E-state index contributed by atoms with van der Waals surface area (Å²) in [5, 5.41) is 0. The number of rotatable bonds is 2. The Bertz CT molecular complexity index is 660. The zero-order chi connectivity index (χ0) is 17.8. The van der Waals surface area contributed by atoms with Crippen LogP contribution < -0.4 is 0 Å². The zero-order valence-corrected chi connectivity index (χ0v) is 15.7. The molecule has 4 rings (SSSR count). The van der Waals surface area contributed by atoms with E-state index >= 15 is 0 Å². The minimum atomic E-state index is 0.0247. The molecule has 0 radical (unpaired) electrons. The first-order chi connectivity index (χ1) is 11.9. The molecule has 0 amide bonds. The van der Waals surface area contributed by atoms with E-state index < -0.39 is 0 Å². The van der Waals surface area contributed by atoms with Crippen molar-refractivity contribution in [3.8, 4) is 0 Å². The van der Waals surface area contributed by atoms with Crippen LogP contribution in [0.4, 0.5) is 0 Å². The molecule has 4 aliphatic carbocycles. The van der Waals surface area contributed by atoms with Gasteiger partial charge in [0.25, 0.3) is 0 Å². The molecule has 3 heteroatoms. The largest absolute Gasteiger partial charge is 0.466 e. The number of ketones is 1. The number of carbonyl (C=O) groups is 2. The average molecular weight is 342 g/mol. The van der Waals surface area contributed by atoms with Crippen LogP contribution in [0.1, 0.15) is 59.3 Å². The fraction of sp³-hybridized carbons (Fsp3) is 0.727. The summed E-state index contributed by atoms with van der Waals surface area (Å²) in [5.41, 5.74) is 1.48. The summed E-state index contributed by atoms with van der Waals surface area (Å²) in [5.74, 6) is 2.14. The molecular formula is C22H30O3. The topological polar surface area (TPSA) is 43.4 Å². The lowest BCUT2D eigenvalue weighted by molar-refractivity contribution is -0.155. The van der Waals surface area contributed by atoms with Gasteiger partial charge in [-0.2, -0.15) is 0 Å². The second kappa shape index (κ2) is 5.82. The van der Waals surface area contributed by atoms with Crippen molar-refractivity contribution >= 4 is 11.8 Å². The Balaban J connectivity index is 1.62. The predicted molar refractivity (Wildman–Crippen MR) is 96.7 cm³/mol. The van der Waals surface area contributed by atoms with Gasteiger partial charge in [-0.3, -0.25) is 9.59 Å². The highest BCUT2D eigenvalue weighted by Gasteiger charge is 2.60. The van der Waals surface area contributed by atoms with Crippen molar-refractivity contribution in [1.82, 2.24) is 0 Å². The van der Waals surface area contributed by atoms with Gasteiger partial charge in [0, 0.05) is 5.41 Å². The van der Waals surface area contributed by atoms with Gasteiger partial charge in [0.2, 0.25) is 0 Å². The summed E-state index contributed by atoms with van der Waals surface area (Å²) < 4.78 is 5.40. The maximum atomic E-state index is 12.5. The molecule has 0 saturated heterocycles. The van der Waals surface area contributed by atoms with Crippen molar-refractivity contribution in [2.45, 2.75) is 59.3 Å². The van der Waals surface area contributed by atoms with Crippen LogP contribution in [0.2, 0.25) is 0 Å². The van der Waals surface area contributed by atoms with Crippen molar-refractivity contribution in [3.63, 3.8) is 0 Å². The van der Waals surface area contributed by atoms with Gasteiger partial charge in [-0.05, 0) is 80.8 Å². The fourth-order valence-electron chi connectivity index (χ4n) is 6.83. The number of ether oxygens (including phenoxy) is 1. The van der Waals surface area contributed by atoms with Crippen LogP contribution in [-0.4, -0.2) is 18.4 Å². The van der Waals surface area contributed by atoms with Crippen LogP contribution in [0.3, 0.4) is 0 Å². The van der Waals surface area contributed by atoms with E-state index in [0.29, 0.717) is 24.4 Å². The van der Waals surface area contributed by atoms with Gasteiger partial charge in [0.05, 0.1) is 12.5 Å². The van der Waals surface area contributed by atoms with E-state index in [-0.39, 0.29) is 28.5 Å². The summed E-state index contributed by atoms with van der Waals surface area (Å²) >= 11 is 0. The van der Waals surface area contributed by atoms with Crippen molar-refractivity contribution in [1.29, 1.82) is 0 Å². The first kappa shape index (κ1) is 17.1. The quantitative estimate of drug-likeness (QED) is 0.695. The van der Waals surface area contributed by atoms with E-state index in [4.69, 9.17) is 4.74 Å². The van der Waals surface area contributed by atoms with E-state index in [9.17, 15) is 9.59 Å². The maximum Gasteiger partial charge on any atom is 0.309 e. The molecular weight excluding hydrogens is 312 g/mol. The third-order valence-corrected chi connectivity index (χ3v) is 8.13. The Kier molecular flexibility index (Phi) is 3.97. The van der Waals surface area contributed by atoms with E-state index in [1.165, 1.54) is 12.0 Å². The fourth-order valence-corrected chi connectivity index (χ4v) is 6.83. The van der Waals surface area contributed by atoms with Crippen molar-refractivity contribution in [2.24, 2.45) is 34.5 Å². The third-order valence-electron chi connectivity index (χ3n) is 8.13. The lowest BCUT2D eigenvalue weighted by Gasteiger charge is -2.56. The van der Waals surface area contributed by atoms with Crippen molar-refractivity contribution in [2.75, 3.05) is 6.61 Å². The lowest BCUT2D eigenvalue weighted by Crippen LogP contribution is -2.50. The Labute approximate surface area is 150 Å². The second-order valence-corrected chi connectivity index (χ2v) is 9.03. The van der Waals surface area contributed by atoms with E-state index in [1.807, 2.05) is 13.0 Å².